The molecule has 3 heterocycles. The van der Waals surface area contributed by atoms with Crippen LogP contribution in [0.2, 0.25) is 0 Å². The van der Waals surface area contributed by atoms with E-state index in [1.807, 2.05) is 18.1 Å². The predicted octanol–water partition coefficient (Wildman–Crippen LogP) is 2.84. The van der Waals surface area contributed by atoms with E-state index in [9.17, 15) is 0 Å². The summed E-state index contributed by atoms with van der Waals surface area (Å²) in [5.41, 5.74) is 4.90. The molecule has 0 fully saturated rings. The first-order valence-electron chi connectivity index (χ1n) is 8.54. The number of rotatable bonds is 6. The monoisotopic (exact) mass is 354 g/mol. The van der Waals surface area contributed by atoms with Gasteiger partial charge in [0.2, 0.25) is 0 Å². The van der Waals surface area contributed by atoms with E-state index < -0.39 is 0 Å². The largest absolute Gasteiger partial charge is 0.348 e. The average Bonchev–Trinajstić information content (AvgIpc) is 3.33. The minimum atomic E-state index is 0.400. The molecule has 1 aliphatic rings. The number of nitrogens with one attached hydrogen (secondary N) is 1. The van der Waals surface area contributed by atoms with Crippen molar-refractivity contribution in [1.29, 1.82) is 0 Å². The van der Waals surface area contributed by atoms with E-state index in [1.54, 1.807) is 17.3 Å². The Morgan fingerprint density at radius 3 is 2.92 bits per heavy atom. The number of benzene rings is 1. The lowest BCUT2D eigenvalue weighted by Crippen LogP contribution is -2.35. The lowest BCUT2D eigenvalue weighted by atomic mass is 9.99. The van der Waals surface area contributed by atoms with E-state index in [0.29, 0.717) is 6.04 Å². The van der Waals surface area contributed by atoms with Crippen molar-refractivity contribution >= 4 is 11.8 Å². The first-order chi connectivity index (χ1) is 12.3. The summed E-state index contributed by atoms with van der Waals surface area (Å²) >= 11 is 1.90. The lowest BCUT2D eigenvalue weighted by molar-refractivity contribution is 0.168. The number of hydrogen-bond donors (Lipinski definition) is 1. The zero-order valence-electron chi connectivity index (χ0n) is 14.3. The maximum Gasteiger partial charge on any atom is 0.138 e. The van der Waals surface area contributed by atoms with Crippen LogP contribution < -0.4 is 0 Å². The van der Waals surface area contributed by atoms with Gasteiger partial charge < -0.3 is 4.98 Å². The topological polar surface area (TPSA) is 62.6 Å². The SMILES string of the molecule is CSCC[C@H]1c2nc[nH]c2CCN1Cc1ccc(-n2cncn2)cc1. The van der Waals surface area contributed by atoms with Crippen molar-refractivity contribution in [1.82, 2.24) is 29.6 Å². The van der Waals surface area contributed by atoms with E-state index in [2.05, 4.69) is 55.5 Å². The molecule has 7 heteroatoms. The molecular weight excluding hydrogens is 332 g/mol. The van der Waals surface area contributed by atoms with Crippen LogP contribution in [-0.2, 0) is 13.0 Å². The molecule has 0 aliphatic carbocycles. The highest BCUT2D eigenvalue weighted by molar-refractivity contribution is 7.98. The third kappa shape index (κ3) is 3.48. The molecule has 1 aromatic carbocycles. The molecule has 0 radical (unpaired) electrons. The van der Waals surface area contributed by atoms with Crippen molar-refractivity contribution in [3.05, 3.63) is 60.2 Å². The van der Waals surface area contributed by atoms with E-state index in [0.717, 1.165) is 37.4 Å². The van der Waals surface area contributed by atoms with Gasteiger partial charge in [0.15, 0.2) is 0 Å². The van der Waals surface area contributed by atoms with Gasteiger partial charge >= 0.3 is 0 Å². The van der Waals surface area contributed by atoms with Gasteiger partial charge in [-0.1, -0.05) is 12.1 Å². The Labute approximate surface area is 151 Å². The highest BCUT2D eigenvalue weighted by Crippen LogP contribution is 2.32. The molecule has 0 amide bonds. The predicted molar refractivity (Wildman–Crippen MR) is 99.8 cm³/mol. The summed E-state index contributed by atoms with van der Waals surface area (Å²) in [6.45, 7) is 2.02. The van der Waals surface area contributed by atoms with Crippen LogP contribution in [0.25, 0.3) is 5.69 Å². The van der Waals surface area contributed by atoms with Crippen LogP contribution in [-0.4, -0.2) is 48.2 Å². The highest BCUT2D eigenvalue weighted by atomic mass is 32.2. The van der Waals surface area contributed by atoms with Gasteiger partial charge in [-0.15, -0.1) is 0 Å². The van der Waals surface area contributed by atoms with Crippen LogP contribution in [0, 0.1) is 0 Å². The van der Waals surface area contributed by atoms with E-state index in [1.165, 1.54) is 17.0 Å². The Balaban J connectivity index is 1.51. The van der Waals surface area contributed by atoms with E-state index >= 15 is 0 Å². The van der Waals surface area contributed by atoms with Crippen LogP contribution in [0.1, 0.15) is 29.4 Å². The molecule has 6 nitrogen and oxygen atoms in total. The van der Waals surface area contributed by atoms with Gasteiger partial charge in [0.25, 0.3) is 0 Å². The fourth-order valence-electron chi connectivity index (χ4n) is 3.47. The van der Waals surface area contributed by atoms with Crippen molar-refractivity contribution < 1.29 is 0 Å². The van der Waals surface area contributed by atoms with Gasteiger partial charge in [-0.3, -0.25) is 4.90 Å². The molecular formula is C18H22N6S. The third-order valence-electron chi connectivity index (χ3n) is 4.76. The van der Waals surface area contributed by atoms with Gasteiger partial charge in [0.05, 0.1) is 23.8 Å². The van der Waals surface area contributed by atoms with Crippen LogP contribution in [0.15, 0.2) is 43.2 Å². The van der Waals surface area contributed by atoms with Crippen molar-refractivity contribution in [3.8, 4) is 5.69 Å². The Kier molecular flexibility index (Phi) is 4.85. The highest BCUT2D eigenvalue weighted by Gasteiger charge is 2.29. The summed E-state index contributed by atoms with van der Waals surface area (Å²) in [4.78, 5) is 14.5. The second kappa shape index (κ2) is 7.41. The summed E-state index contributed by atoms with van der Waals surface area (Å²) in [6.07, 6.45) is 9.46. The molecule has 0 saturated carbocycles. The first-order valence-corrected chi connectivity index (χ1v) is 9.93. The smallest absolute Gasteiger partial charge is 0.138 e. The molecule has 0 bridgehead atoms. The van der Waals surface area contributed by atoms with Gasteiger partial charge in [-0.2, -0.15) is 16.9 Å². The van der Waals surface area contributed by atoms with Crippen LogP contribution in [0.4, 0.5) is 0 Å². The zero-order chi connectivity index (χ0) is 17.1. The Morgan fingerprint density at radius 2 is 2.16 bits per heavy atom. The maximum absolute atomic E-state index is 4.61. The first kappa shape index (κ1) is 16.4. The quantitative estimate of drug-likeness (QED) is 0.737. The summed E-state index contributed by atoms with van der Waals surface area (Å²) in [7, 11) is 0. The van der Waals surface area contributed by atoms with Crippen LogP contribution in [0.3, 0.4) is 0 Å². The van der Waals surface area contributed by atoms with Crippen molar-refractivity contribution in [3.63, 3.8) is 0 Å². The number of H-pyrrole nitrogens is 1. The standard InChI is InChI=1S/C18H22N6S/c1-25-9-7-17-18-16(20-12-21-18)6-8-23(17)10-14-2-4-15(5-3-14)24-13-19-11-22-24/h2-5,11-13,17H,6-10H2,1H3,(H,20,21)/t17-/m0/s1. The Bertz CT molecular complexity index is 795. The minimum absolute atomic E-state index is 0.400. The number of aromatic amines is 1. The number of aromatic nitrogens is 5. The van der Waals surface area contributed by atoms with Gasteiger partial charge in [0, 0.05) is 25.2 Å². The molecule has 130 valence electrons. The molecule has 0 spiro atoms. The second-order valence-electron chi connectivity index (χ2n) is 6.29. The molecule has 4 rings (SSSR count). The molecule has 3 aromatic rings. The summed E-state index contributed by atoms with van der Waals surface area (Å²) < 4.78 is 1.78. The minimum Gasteiger partial charge on any atom is -0.348 e. The second-order valence-corrected chi connectivity index (χ2v) is 7.28. The van der Waals surface area contributed by atoms with Gasteiger partial charge in [0.1, 0.15) is 12.7 Å². The number of hydrogen-bond acceptors (Lipinski definition) is 5. The molecule has 1 atom stereocenters. The van der Waals surface area contributed by atoms with Crippen molar-refractivity contribution in [2.24, 2.45) is 0 Å². The number of thioether (sulfide) groups is 1. The molecule has 25 heavy (non-hydrogen) atoms. The van der Waals surface area contributed by atoms with Crippen LogP contribution >= 0.6 is 11.8 Å². The Hall–Kier alpha value is -2.12. The van der Waals surface area contributed by atoms with Gasteiger partial charge in [-0.05, 0) is 36.1 Å². The zero-order valence-corrected chi connectivity index (χ0v) is 15.1. The number of nitrogens with zero attached hydrogens (tertiary/aromatic N) is 5. The summed E-state index contributed by atoms with van der Waals surface area (Å²) in [6, 6.07) is 8.97. The maximum atomic E-state index is 4.61. The molecule has 1 aliphatic heterocycles. The van der Waals surface area contributed by atoms with Gasteiger partial charge in [-0.25, -0.2) is 14.6 Å². The lowest BCUT2D eigenvalue weighted by Gasteiger charge is -2.35. The fourth-order valence-corrected chi connectivity index (χ4v) is 3.93. The molecule has 0 saturated heterocycles. The average molecular weight is 354 g/mol. The van der Waals surface area contributed by atoms with Crippen molar-refractivity contribution in [2.75, 3.05) is 18.6 Å². The number of fused-ring (bicyclic) bond motifs is 1. The molecule has 2 aromatic heterocycles. The van der Waals surface area contributed by atoms with Crippen LogP contribution in [0.5, 0.6) is 0 Å². The number of imidazole rings is 1. The molecule has 0 unspecified atom stereocenters. The Morgan fingerprint density at radius 1 is 1.28 bits per heavy atom. The summed E-state index contributed by atoms with van der Waals surface area (Å²) in [5.74, 6) is 1.15. The van der Waals surface area contributed by atoms with Crippen molar-refractivity contribution in [2.45, 2.75) is 25.4 Å². The normalized spacial score (nSPS) is 17.6. The van der Waals surface area contributed by atoms with E-state index in [-0.39, 0.29) is 0 Å². The third-order valence-corrected chi connectivity index (χ3v) is 5.40. The summed E-state index contributed by atoms with van der Waals surface area (Å²) in [5, 5.41) is 4.18. The fraction of sp³-hybridized carbons (Fsp3) is 0.389. The van der Waals surface area contributed by atoms with E-state index in [4.69, 9.17) is 0 Å². The molecule has 1 N–H and O–H groups in total.